The number of hydrogen-bond donors (Lipinski definition) is 0. The fraction of sp³-hybridized carbons (Fsp3) is 0. The van der Waals surface area contributed by atoms with E-state index in [0.717, 1.165) is 0 Å². The Bertz CT molecular complexity index is 8.49. The molecule has 8 heteroatoms. The fourth-order valence-electron chi connectivity index (χ4n) is 0. The quantitative estimate of drug-likeness (QED) is 0.239. The molecular formula is AlBF6. The van der Waals surface area contributed by atoms with Crippen LogP contribution in [0.3, 0.4) is 0 Å². The Morgan fingerprint density at radius 1 is 0.375 bits per heavy atom. The van der Waals surface area contributed by atoms with Crippen molar-refractivity contribution >= 4 is 25.8 Å². The molecule has 0 N–H and O–H groups in total. The SMILES string of the molecule is [Al+3].[B+3].[F-].[F-].[F-].[F-].[F-].[F-]. The van der Waals surface area contributed by atoms with Gasteiger partial charge in [-0.2, -0.15) is 0 Å². The first kappa shape index (κ1) is 13400. The average Bonchev–Trinajstić information content (AvgIpc) is 0. The van der Waals surface area contributed by atoms with Crippen LogP contribution in [0.5, 0.6) is 0 Å². The standard InChI is InChI=1S/Al.B.6FH/h;;6*1H/q2*+3;;;;;;/p-6. The van der Waals surface area contributed by atoms with Gasteiger partial charge in [0.2, 0.25) is 0 Å². The molecule has 0 amide bonds. The van der Waals surface area contributed by atoms with E-state index in [9.17, 15) is 0 Å². The van der Waals surface area contributed by atoms with E-state index in [1.807, 2.05) is 0 Å². The van der Waals surface area contributed by atoms with Crippen LogP contribution in [0.15, 0.2) is 0 Å². The number of hydrogen-bond acceptors (Lipinski definition) is 0. The minimum Gasteiger partial charge on any atom is -1.00 e. The van der Waals surface area contributed by atoms with E-state index < -0.39 is 0 Å². The minimum atomic E-state index is 0. The van der Waals surface area contributed by atoms with E-state index >= 15 is 0 Å². The molecule has 8 heavy (non-hydrogen) atoms. The summed E-state index contributed by atoms with van der Waals surface area (Å²) in [6.45, 7) is 0. The van der Waals surface area contributed by atoms with Crippen molar-refractivity contribution in [3.05, 3.63) is 0 Å². The van der Waals surface area contributed by atoms with Crippen LogP contribution in [0.2, 0.25) is 0 Å². The fourth-order valence-corrected chi connectivity index (χ4v) is 0. The molecule has 0 saturated heterocycles. The Hall–Kier alpha value is 0.177. The van der Waals surface area contributed by atoms with Crippen molar-refractivity contribution in [2.45, 2.75) is 0 Å². The Morgan fingerprint density at radius 2 is 0.375 bits per heavy atom. The third kappa shape index (κ3) is 5260. The Morgan fingerprint density at radius 3 is 0.375 bits per heavy atom. The summed E-state index contributed by atoms with van der Waals surface area (Å²) < 4.78 is 0. The van der Waals surface area contributed by atoms with Gasteiger partial charge in [0, 0.05) is 0 Å². The zero-order chi connectivity index (χ0) is 0. The molecule has 0 aromatic rings. The van der Waals surface area contributed by atoms with Crippen molar-refractivity contribution in [2.75, 3.05) is 0 Å². The smallest absolute Gasteiger partial charge is 1.00 e. The van der Waals surface area contributed by atoms with Gasteiger partial charge >= 0.3 is 25.8 Å². The summed E-state index contributed by atoms with van der Waals surface area (Å²) in [5.41, 5.74) is 0. The zero-order valence-electron chi connectivity index (χ0n) is 3.42. The van der Waals surface area contributed by atoms with Gasteiger partial charge in [0.05, 0.1) is 0 Å². The second-order valence-electron chi connectivity index (χ2n) is 0. The van der Waals surface area contributed by atoms with Gasteiger partial charge in [0.25, 0.3) is 0 Å². The third-order valence-electron chi connectivity index (χ3n) is 0. The van der Waals surface area contributed by atoms with Crippen molar-refractivity contribution in [1.29, 1.82) is 0 Å². The van der Waals surface area contributed by atoms with Crippen LogP contribution in [0.25, 0.3) is 0 Å². The van der Waals surface area contributed by atoms with Gasteiger partial charge in [0.1, 0.15) is 0 Å². The van der Waals surface area contributed by atoms with Crippen molar-refractivity contribution < 1.29 is 28.2 Å². The molecule has 48 valence electrons. The van der Waals surface area contributed by atoms with Gasteiger partial charge in [0.15, 0.2) is 0 Å². The summed E-state index contributed by atoms with van der Waals surface area (Å²) in [4.78, 5) is 0. The van der Waals surface area contributed by atoms with Gasteiger partial charge in [-0.15, -0.1) is 0 Å². The van der Waals surface area contributed by atoms with E-state index in [-0.39, 0.29) is 54.0 Å². The maximum Gasteiger partial charge on any atom is 3.00 e. The van der Waals surface area contributed by atoms with E-state index in [0.29, 0.717) is 0 Å². The molecule has 0 heterocycles. The normalized spacial score (nSPS) is 0. The predicted molar refractivity (Wildman–Crippen MR) is 11.5 cm³/mol. The summed E-state index contributed by atoms with van der Waals surface area (Å²) in [6, 6.07) is 0. The maximum absolute atomic E-state index is 0. The van der Waals surface area contributed by atoms with E-state index in [1.54, 1.807) is 0 Å². The van der Waals surface area contributed by atoms with Crippen molar-refractivity contribution in [3.8, 4) is 0 Å². The molecule has 0 aliphatic carbocycles. The molecule has 0 rings (SSSR count). The van der Waals surface area contributed by atoms with E-state index in [2.05, 4.69) is 0 Å². The predicted octanol–water partition coefficient (Wildman–Crippen LogP) is -18.7. The van der Waals surface area contributed by atoms with Crippen LogP contribution in [0.1, 0.15) is 0 Å². The summed E-state index contributed by atoms with van der Waals surface area (Å²) in [6.07, 6.45) is 0. The molecule has 0 nitrogen and oxygen atoms in total. The summed E-state index contributed by atoms with van der Waals surface area (Å²) in [5, 5.41) is 0. The molecule has 0 aliphatic heterocycles. The molecular weight excluding hydrogens is 152 g/mol. The molecule has 0 radical (unpaired) electrons. The van der Waals surface area contributed by atoms with Gasteiger partial charge in [-0.05, 0) is 0 Å². The molecule has 0 bridgehead atoms. The summed E-state index contributed by atoms with van der Waals surface area (Å²) in [5.74, 6) is 0. The second-order valence-corrected chi connectivity index (χ2v) is 0. The van der Waals surface area contributed by atoms with Crippen LogP contribution in [0, 0.1) is 0 Å². The minimum absolute atomic E-state index is 0. The first-order valence-electron chi connectivity index (χ1n) is 0. The second kappa shape index (κ2) is 8700. The van der Waals surface area contributed by atoms with Crippen molar-refractivity contribution in [1.82, 2.24) is 0 Å². The third-order valence-corrected chi connectivity index (χ3v) is 0. The van der Waals surface area contributed by atoms with Gasteiger partial charge in [-0.25, -0.2) is 0 Å². The molecule has 0 saturated carbocycles. The van der Waals surface area contributed by atoms with Crippen LogP contribution >= 0.6 is 0 Å². The summed E-state index contributed by atoms with van der Waals surface area (Å²) in [7, 11) is 0. The zero-order valence-corrected chi connectivity index (χ0v) is 4.58. The first-order chi connectivity index (χ1) is 0. The Kier molecular flexibility index (Phi) is 14600000. The first-order valence-corrected chi connectivity index (χ1v) is 0. The maximum atomic E-state index is 0. The molecule has 0 fully saturated rings. The number of halogens is 6. The summed E-state index contributed by atoms with van der Waals surface area (Å²) >= 11 is 0. The Balaban J connectivity index is 0. The molecule has 0 aromatic carbocycles. The van der Waals surface area contributed by atoms with Crippen LogP contribution in [-0.4, -0.2) is 25.8 Å². The molecule has 0 spiro atoms. The van der Waals surface area contributed by atoms with Crippen LogP contribution < -0.4 is 28.2 Å². The van der Waals surface area contributed by atoms with Crippen molar-refractivity contribution in [3.63, 3.8) is 0 Å². The topological polar surface area (TPSA) is 0 Å². The molecule has 0 unspecified atom stereocenters. The molecule has 0 aliphatic rings. The van der Waals surface area contributed by atoms with Gasteiger partial charge < -0.3 is 28.2 Å². The monoisotopic (exact) mass is 152 g/mol. The van der Waals surface area contributed by atoms with Gasteiger partial charge in [-0.3, -0.25) is 0 Å². The number of rotatable bonds is 0. The largest absolute Gasteiger partial charge is 3.00 e. The molecule has 0 aromatic heterocycles. The van der Waals surface area contributed by atoms with Crippen LogP contribution in [0.4, 0.5) is 0 Å². The Labute approximate surface area is 54.9 Å². The van der Waals surface area contributed by atoms with Gasteiger partial charge in [-0.1, -0.05) is 0 Å². The van der Waals surface area contributed by atoms with Crippen LogP contribution in [-0.2, 0) is 0 Å². The van der Waals surface area contributed by atoms with E-state index in [1.165, 1.54) is 0 Å². The van der Waals surface area contributed by atoms with Crippen molar-refractivity contribution in [2.24, 2.45) is 0 Å². The molecule has 0 atom stereocenters. The van der Waals surface area contributed by atoms with E-state index in [4.69, 9.17) is 0 Å². The average molecular weight is 152 g/mol.